The lowest BCUT2D eigenvalue weighted by atomic mass is 10.0. The highest BCUT2D eigenvalue weighted by Crippen LogP contribution is 2.29. The first-order chi connectivity index (χ1) is 12.5. The molecule has 1 saturated heterocycles. The Morgan fingerprint density at radius 1 is 1.12 bits per heavy atom. The second-order valence-electron chi connectivity index (χ2n) is 6.95. The van der Waals surface area contributed by atoms with Crippen LogP contribution in [-0.4, -0.2) is 31.2 Å². The second-order valence-corrected chi connectivity index (χ2v) is 6.95. The number of nitrogens with zero attached hydrogens (tertiary/aromatic N) is 1. The molecule has 3 unspecified atom stereocenters. The minimum absolute atomic E-state index is 0.0804. The van der Waals surface area contributed by atoms with Crippen LogP contribution in [0.3, 0.4) is 0 Å². The third-order valence-electron chi connectivity index (χ3n) is 4.57. The fraction of sp³-hybridized carbons (Fsp3) is 0.381. The lowest BCUT2D eigenvalue weighted by Crippen LogP contribution is -2.45. The van der Waals surface area contributed by atoms with Crippen molar-refractivity contribution in [1.29, 1.82) is 0 Å². The number of hydrogen-bond acceptors (Lipinski definition) is 4. The average molecular weight is 353 g/mol. The van der Waals surface area contributed by atoms with Gasteiger partial charge in [0.1, 0.15) is 0 Å². The van der Waals surface area contributed by atoms with Crippen LogP contribution >= 0.6 is 0 Å². The SMILES string of the molecule is CC1CN(c2ccccc2NC(=O)CC(N)c2ccccc2)CC(C)O1. The molecular formula is C21H27N3O2. The van der Waals surface area contributed by atoms with Gasteiger partial charge in [0, 0.05) is 25.6 Å². The zero-order valence-corrected chi connectivity index (χ0v) is 15.4. The molecular weight excluding hydrogens is 326 g/mol. The molecule has 1 fully saturated rings. The summed E-state index contributed by atoms with van der Waals surface area (Å²) in [6.45, 7) is 5.76. The standard InChI is InChI=1S/C21H27N3O2/c1-15-13-24(14-16(2)26-15)20-11-7-6-10-19(20)23-21(25)12-18(22)17-8-4-3-5-9-17/h3-11,15-16,18H,12-14,22H2,1-2H3,(H,23,25). The van der Waals surface area contributed by atoms with Gasteiger partial charge in [-0.2, -0.15) is 0 Å². The highest BCUT2D eigenvalue weighted by molar-refractivity contribution is 5.94. The van der Waals surface area contributed by atoms with E-state index < -0.39 is 0 Å². The molecule has 0 bridgehead atoms. The fourth-order valence-corrected chi connectivity index (χ4v) is 3.45. The van der Waals surface area contributed by atoms with Gasteiger partial charge in [-0.1, -0.05) is 42.5 Å². The van der Waals surface area contributed by atoms with E-state index in [-0.39, 0.29) is 30.6 Å². The van der Waals surface area contributed by atoms with E-state index in [1.165, 1.54) is 0 Å². The molecule has 5 heteroatoms. The predicted molar refractivity (Wildman–Crippen MR) is 105 cm³/mol. The Balaban J connectivity index is 1.69. The molecule has 0 radical (unpaired) electrons. The number of rotatable bonds is 5. The van der Waals surface area contributed by atoms with E-state index in [0.717, 1.165) is 30.0 Å². The molecule has 3 atom stereocenters. The average Bonchev–Trinajstić information content (AvgIpc) is 2.62. The summed E-state index contributed by atoms with van der Waals surface area (Å²) in [6.07, 6.45) is 0.567. The lowest BCUT2D eigenvalue weighted by molar-refractivity contribution is -0.116. The van der Waals surface area contributed by atoms with Crippen LogP contribution in [0.5, 0.6) is 0 Å². The van der Waals surface area contributed by atoms with Gasteiger partial charge in [-0.25, -0.2) is 0 Å². The van der Waals surface area contributed by atoms with Crippen LogP contribution in [0.2, 0.25) is 0 Å². The summed E-state index contributed by atoms with van der Waals surface area (Å²) >= 11 is 0. The maximum absolute atomic E-state index is 12.5. The first kappa shape index (κ1) is 18.4. The lowest BCUT2D eigenvalue weighted by Gasteiger charge is -2.37. The smallest absolute Gasteiger partial charge is 0.226 e. The van der Waals surface area contributed by atoms with E-state index in [9.17, 15) is 4.79 Å². The summed E-state index contributed by atoms with van der Waals surface area (Å²) < 4.78 is 5.81. The van der Waals surface area contributed by atoms with Crippen molar-refractivity contribution >= 4 is 17.3 Å². The number of amides is 1. The van der Waals surface area contributed by atoms with Gasteiger partial charge >= 0.3 is 0 Å². The van der Waals surface area contributed by atoms with Crippen LogP contribution in [-0.2, 0) is 9.53 Å². The number of hydrogen-bond donors (Lipinski definition) is 2. The maximum Gasteiger partial charge on any atom is 0.226 e. The third-order valence-corrected chi connectivity index (χ3v) is 4.57. The molecule has 3 N–H and O–H groups in total. The van der Waals surface area contributed by atoms with E-state index in [1.54, 1.807) is 0 Å². The molecule has 0 aromatic heterocycles. The second kappa shape index (κ2) is 8.34. The fourth-order valence-electron chi connectivity index (χ4n) is 3.45. The molecule has 138 valence electrons. The Morgan fingerprint density at radius 3 is 2.42 bits per heavy atom. The quantitative estimate of drug-likeness (QED) is 0.865. The summed E-state index contributed by atoms with van der Waals surface area (Å²) in [5.74, 6) is -0.0804. The molecule has 5 nitrogen and oxygen atoms in total. The topological polar surface area (TPSA) is 67.6 Å². The van der Waals surface area contributed by atoms with Gasteiger partial charge in [0.25, 0.3) is 0 Å². The Morgan fingerprint density at radius 2 is 1.73 bits per heavy atom. The molecule has 1 aliphatic rings. The van der Waals surface area contributed by atoms with E-state index in [0.29, 0.717) is 0 Å². The summed E-state index contributed by atoms with van der Waals surface area (Å²) in [6, 6.07) is 17.3. The highest BCUT2D eigenvalue weighted by atomic mass is 16.5. The molecule has 1 aliphatic heterocycles. The van der Waals surface area contributed by atoms with E-state index in [1.807, 2.05) is 54.6 Å². The predicted octanol–water partition coefficient (Wildman–Crippen LogP) is 3.33. The van der Waals surface area contributed by atoms with Crippen LogP contribution < -0.4 is 16.0 Å². The Labute approximate surface area is 155 Å². The third kappa shape index (κ3) is 4.62. The van der Waals surface area contributed by atoms with Gasteiger partial charge in [0.15, 0.2) is 0 Å². The van der Waals surface area contributed by atoms with Crippen molar-refractivity contribution in [2.45, 2.75) is 38.5 Å². The molecule has 1 amide bonds. The van der Waals surface area contributed by atoms with Gasteiger partial charge in [0.05, 0.1) is 23.6 Å². The van der Waals surface area contributed by atoms with Crippen molar-refractivity contribution < 1.29 is 9.53 Å². The van der Waals surface area contributed by atoms with Crippen molar-refractivity contribution in [3.05, 3.63) is 60.2 Å². The monoisotopic (exact) mass is 353 g/mol. The van der Waals surface area contributed by atoms with E-state index in [2.05, 4.69) is 24.1 Å². The normalized spacial score (nSPS) is 21.3. The number of nitrogens with one attached hydrogen (secondary N) is 1. The minimum atomic E-state index is -0.313. The summed E-state index contributed by atoms with van der Waals surface area (Å²) in [5.41, 5.74) is 8.99. The summed E-state index contributed by atoms with van der Waals surface area (Å²) in [5, 5.41) is 3.04. The zero-order chi connectivity index (χ0) is 18.5. The first-order valence-corrected chi connectivity index (χ1v) is 9.12. The Kier molecular flexibility index (Phi) is 5.91. The number of carbonyl (C=O) groups is 1. The number of carbonyl (C=O) groups excluding carboxylic acids is 1. The molecule has 0 saturated carbocycles. The van der Waals surface area contributed by atoms with Gasteiger partial charge in [-0.15, -0.1) is 0 Å². The van der Waals surface area contributed by atoms with Crippen molar-refractivity contribution in [3.63, 3.8) is 0 Å². The van der Waals surface area contributed by atoms with E-state index in [4.69, 9.17) is 10.5 Å². The van der Waals surface area contributed by atoms with Gasteiger partial charge in [-0.3, -0.25) is 4.79 Å². The number of anilines is 2. The molecule has 0 aliphatic carbocycles. The molecule has 3 rings (SSSR count). The number of ether oxygens (including phenoxy) is 1. The van der Waals surface area contributed by atoms with Crippen molar-refractivity contribution in [1.82, 2.24) is 0 Å². The minimum Gasteiger partial charge on any atom is -0.372 e. The molecule has 0 spiro atoms. The summed E-state index contributed by atoms with van der Waals surface area (Å²) in [7, 11) is 0. The first-order valence-electron chi connectivity index (χ1n) is 9.12. The molecule has 26 heavy (non-hydrogen) atoms. The van der Waals surface area contributed by atoms with Crippen LogP contribution in [0.25, 0.3) is 0 Å². The van der Waals surface area contributed by atoms with Gasteiger partial charge in [0.2, 0.25) is 5.91 Å². The van der Waals surface area contributed by atoms with Crippen LogP contribution in [0.4, 0.5) is 11.4 Å². The largest absolute Gasteiger partial charge is 0.372 e. The molecule has 2 aromatic carbocycles. The highest BCUT2D eigenvalue weighted by Gasteiger charge is 2.24. The van der Waals surface area contributed by atoms with Gasteiger partial charge in [-0.05, 0) is 31.5 Å². The summed E-state index contributed by atoms with van der Waals surface area (Å²) in [4.78, 5) is 14.8. The zero-order valence-electron chi connectivity index (χ0n) is 15.4. The van der Waals surface area contributed by atoms with E-state index >= 15 is 0 Å². The molecule has 2 aromatic rings. The van der Waals surface area contributed by atoms with Crippen molar-refractivity contribution in [2.24, 2.45) is 5.73 Å². The Hall–Kier alpha value is -2.37. The van der Waals surface area contributed by atoms with Crippen LogP contribution in [0.1, 0.15) is 31.9 Å². The number of nitrogens with two attached hydrogens (primary N) is 1. The number of morpholine rings is 1. The maximum atomic E-state index is 12.5. The van der Waals surface area contributed by atoms with Crippen LogP contribution in [0.15, 0.2) is 54.6 Å². The molecule has 1 heterocycles. The van der Waals surface area contributed by atoms with Gasteiger partial charge < -0.3 is 20.7 Å². The van der Waals surface area contributed by atoms with Crippen molar-refractivity contribution in [2.75, 3.05) is 23.3 Å². The van der Waals surface area contributed by atoms with Crippen molar-refractivity contribution in [3.8, 4) is 0 Å². The number of para-hydroxylation sites is 2. The Bertz CT molecular complexity index is 725. The number of benzene rings is 2. The van der Waals surface area contributed by atoms with Crippen LogP contribution in [0, 0.1) is 0 Å².